The minimum Gasteiger partial charge on any atom is -0.309 e. The first-order chi connectivity index (χ1) is 22.3. The fourth-order valence-electron chi connectivity index (χ4n) is 7.17. The topological polar surface area (TPSA) is 22.8 Å². The van der Waals surface area contributed by atoms with Crippen molar-refractivity contribution in [3.8, 4) is 22.5 Å². The van der Waals surface area contributed by atoms with Crippen LogP contribution in [0.15, 0.2) is 152 Å². The summed E-state index contributed by atoms with van der Waals surface area (Å²) in [7, 11) is 0. The highest BCUT2D eigenvalue weighted by Crippen LogP contribution is 2.40. The molecule has 0 unspecified atom stereocenters. The maximum absolute atomic E-state index is 4.90. The van der Waals surface area contributed by atoms with E-state index < -0.39 is 0 Å². The standard InChI is InChI=1S/C41H25N3S/c1-4-18-36-30(14-1)31-15-2-5-19-37(31)43(36)28-12-7-10-26(22-28)27-11-8-13-29(23-27)44-38-25-40-35(32-16-3-6-20-39(32)45-40)24-34(38)33-17-9-21-42-41(33)44/h1-25H. The number of benzene rings is 6. The van der Waals surface area contributed by atoms with Gasteiger partial charge in [-0.3, -0.25) is 4.57 Å². The van der Waals surface area contributed by atoms with Crippen LogP contribution in [-0.2, 0) is 0 Å². The van der Waals surface area contributed by atoms with Crippen molar-refractivity contribution < 1.29 is 0 Å². The summed E-state index contributed by atoms with van der Waals surface area (Å²) in [6.07, 6.45) is 1.90. The van der Waals surface area contributed by atoms with Crippen molar-refractivity contribution in [3.63, 3.8) is 0 Å². The molecule has 0 aliphatic rings. The van der Waals surface area contributed by atoms with Crippen molar-refractivity contribution in [1.82, 2.24) is 14.1 Å². The minimum absolute atomic E-state index is 0.977. The summed E-state index contributed by atoms with van der Waals surface area (Å²) in [6.45, 7) is 0. The number of hydrogen-bond donors (Lipinski definition) is 0. The largest absolute Gasteiger partial charge is 0.309 e. The lowest BCUT2D eigenvalue weighted by Gasteiger charge is -2.12. The molecule has 4 heteroatoms. The van der Waals surface area contributed by atoms with Gasteiger partial charge in [-0.2, -0.15) is 0 Å². The van der Waals surface area contributed by atoms with E-state index in [0.717, 1.165) is 17.0 Å². The van der Waals surface area contributed by atoms with Gasteiger partial charge in [0.1, 0.15) is 5.65 Å². The van der Waals surface area contributed by atoms with Crippen molar-refractivity contribution in [3.05, 3.63) is 152 Å². The van der Waals surface area contributed by atoms with E-state index in [-0.39, 0.29) is 0 Å². The van der Waals surface area contributed by atoms with Gasteiger partial charge in [0.2, 0.25) is 0 Å². The third kappa shape index (κ3) is 3.60. The fraction of sp³-hybridized carbons (Fsp3) is 0. The van der Waals surface area contributed by atoms with Gasteiger partial charge in [-0.15, -0.1) is 11.3 Å². The van der Waals surface area contributed by atoms with Gasteiger partial charge in [0.15, 0.2) is 0 Å². The summed E-state index contributed by atoms with van der Waals surface area (Å²) in [5, 5.41) is 7.56. The van der Waals surface area contributed by atoms with Gasteiger partial charge >= 0.3 is 0 Å². The highest BCUT2D eigenvalue weighted by molar-refractivity contribution is 7.25. The second kappa shape index (κ2) is 9.39. The van der Waals surface area contributed by atoms with Crippen molar-refractivity contribution in [2.75, 3.05) is 0 Å². The molecule has 6 aromatic carbocycles. The molecule has 0 bridgehead atoms. The first-order valence-electron chi connectivity index (χ1n) is 15.2. The average Bonchev–Trinajstić information content (AvgIpc) is 3.74. The van der Waals surface area contributed by atoms with E-state index in [1.54, 1.807) is 0 Å². The molecule has 0 saturated heterocycles. The van der Waals surface area contributed by atoms with Crippen LogP contribution in [0, 0.1) is 0 Å². The lowest BCUT2D eigenvalue weighted by Crippen LogP contribution is -1.96. The third-order valence-electron chi connectivity index (χ3n) is 9.15. The summed E-state index contributed by atoms with van der Waals surface area (Å²) in [5.74, 6) is 0. The smallest absolute Gasteiger partial charge is 0.145 e. The molecule has 0 aliphatic heterocycles. The number of pyridine rings is 1. The van der Waals surface area contributed by atoms with E-state index in [1.165, 1.54) is 69.4 Å². The maximum atomic E-state index is 4.90. The number of aromatic nitrogens is 3. The lowest BCUT2D eigenvalue weighted by molar-refractivity contribution is 1.14. The Balaban J connectivity index is 1.17. The maximum Gasteiger partial charge on any atom is 0.145 e. The van der Waals surface area contributed by atoms with Crippen molar-refractivity contribution in [2.45, 2.75) is 0 Å². The first-order valence-corrected chi connectivity index (χ1v) is 16.0. The van der Waals surface area contributed by atoms with E-state index in [0.29, 0.717) is 0 Å². The zero-order chi connectivity index (χ0) is 29.5. The van der Waals surface area contributed by atoms with Gasteiger partial charge in [-0.05, 0) is 77.9 Å². The summed E-state index contributed by atoms with van der Waals surface area (Å²) >= 11 is 1.86. The highest BCUT2D eigenvalue weighted by atomic mass is 32.1. The van der Waals surface area contributed by atoms with Crippen LogP contribution >= 0.6 is 11.3 Å². The predicted octanol–water partition coefficient (Wildman–Crippen LogP) is 11.3. The quantitative estimate of drug-likeness (QED) is 0.200. The molecular formula is C41H25N3S. The van der Waals surface area contributed by atoms with Gasteiger partial charge in [0.05, 0.1) is 16.6 Å². The molecule has 0 amide bonds. The molecule has 210 valence electrons. The van der Waals surface area contributed by atoms with Gasteiger partial charge in [0, 0.05) is 59.3 Å². The number of thiophene rings is 1. The van der Waals surface area contributed by atoms with E-state index in [1.807, 2.05) is 23.6 Å². The van der Waals surface area contributed by atoms with Gasteiger partial charge < -0.3 is 4.57 Å². The Labute approximate surface area is 262 Å². The molecule has 0 saturated carbocycles. The Kier molecular flexibility index (Phi) is 5.16. The number of nitrogens with zero attached hydrogens (tertiary/aromatic N) is 3. The Morgan fingerprint density at radius 1 is 0.400 bits per heavy atom. The van der Waals surface area contributed by atoms with Crippen LogP contribution in [0.2, 0.25) is 0 Å². The second-order valence-corrected chi connectivity index (χ2v) is 12.7. The highest BCUT2D eigenvalue weighted by Gasteiger charge is 2.17. The number of para-hydroxylation sites is 2. The first kappa shape index (κ1) is 24.7. The Bertz CT molecular complexity index is 2720. The molecule has 10 rings (SSSR count). The predicted molar refractivity (Wildman–Crippen MR) is 191 cm³/mol. The molecule has 3 nitrogen and oxygen atoms in total. The van der Waals surface area contributed by atoms with Crippen molar-refractivity contribution in [1.29, 1.82) is 0 Å². The van der Waals surface area contributed by atoms with E-state index >= 15 is 0 Å². The summed E-state index contributed by atoms with van der Waals surface area (Å²) in [4.78, 5) is 4.90. The number of rotatable bonds is 3. The SMILES string of the molecule is c1cc(-c2cccc(-n3c4cc5sc6ccccc6c5cc4c4cccnc43)c2)cc(-n2c3ccccc3c3ccccc32)c1. The molecule has 0 N–H and O–H groups in total. The fourth-order valence-corrected chi connectivity index (χ4v) is 8.29. The van der Waals surface area contributed by atoms with Crippen molar-refractivity contribution in [2.24, 2.45) is 0 Å². The van der Waals surface area contributed by atoms with Gasteiger partial charge in [0.25, 0.3) is 0 Å². The Morgan fingerprint density at radius 3 is 1.76 bits per heavy atom. The zero-order valence-corrected chi connectivity index (χ0v) is 25.0. The third-order valence-corrected chi connectivity index (χ3v) is 10.3. The zero-order valence-electron chi connectivity index (χ0n) is 24.2. The molecule has 0 spiro atoms. The van der Waals surface area contributed by atoms with Gasteiger partial charge in [-0.25, -0.2) is 4.98 Å². The summed E-state index contributed by atoms with van der Waals surface area (Å²) in [6, 6.07) is 52.8. The van der Waals surface area contributed by atoms with Gasteiger partial charge in [-0.1, -0.05) is 78.9 Å². The molecule has 0 fully saturated rings. The lowest BCUT2D eigenvalue weighted by atomic mass is 10.0. The molecule has 0 radical (unpaired) electrons. The monoisotopic (exact) mass is 591 g/mol. The average molecular weight is 592 g/mol. The van der Waals surface area contributed by atoms with Crippen LogP contribution in [0.1, 0.15) is 0 Å². The molecule has 10 aromatic rings. The van der Waals surface area contributed by atoms with E-state index in [2.05, 4.69) is 149 Å². The van der Waals surface area contributed by atoms with Crippen LogP contribution in [0.4, 0.5) is 0 Å². The van der Waals surface area contributed by atoms with Crippen LogP contribution in [0.3, 0.4) is 0 Å². The van der Waals surface area contributed by atoms with Crippen LogP contribution < -0.4 is 0 Å². The Hall–Kier alpha value is -5.71. The van der Waals surface area contributed by atoms with Crippen LogP contribution in [-0.4, -0.2) is 14.1 Å². The molecule has 0 aliphatic carbocycles. The Morgan fingerprint density at radius 2 is 1.02 bits per heavy atom. The second-order valence-electron chi connectivity index (χ2n) is 11.6. The van der Waals surface area contributed by atoms with Crippen molar-refractivity contribution >= 4 is 75.3 Å². The number of hydrogen-bond acceptors (Lipinski definition) is 2. The van der Waals surface area contributed by atoms with Crippen LogP contribution in [0.5, 0.6) is 0 Å². The summed E-state index contributed by atoms with van der Waals surface area (Å²) in [5.41, 5.74) is 9.20. The molecule has 4 heterocycles. The van der Waals surface area contributed by atoms with E-state index in [4.69, 9.17) is 4.98 Å². The number of fused-ring (bicyclic) bond motifs is 9. The normalized spacial score (nSPS) is 12.0. The summed E-state index contributed by atoms with van der Waals surface area (Å²) < 4.78 is 7.32. The van der Waals surface area contributed by atoms with Crippen LogP contribution in [0.25, 0.3) is 86.4 Å². The molecule has 4 aromatic heterocycles. The molecule has 45 heavy (non-hydrogen) atoms. The molecular weight excluding hydrogens is 567 g/mol. The minimum atomic E-state index is 0.977. The van der Waals surface area contributed by atoms with E-state index in [9.17, 15) is 0 Å². The molecule has 0 atom stereocenters.